The van der Waals surface area contributed by atoms with E-state index in [1.165, 1.54) is 11.3 Å². The van der Waals surface area contributed by atoms with Crippen LogP contribution in [0.2, 0.25) is 0 Å². The molecule has 0 amide bonds. The molecule has 1 N–H and O–H groups in total. The zero-order valence-corrected chi connectivity index (χ0v) is 11.4. The second-order valence-corrected chi connectivity index (χ2v) is 4.43. The van der Waals surface area contributed by atoms with Crippen LogP contribution in [-0.4, -0.2) is 26.2 Å². The van der Waals surface area contributed by atoms with Crippen molar-refractivity contribution >= 4 is 0 Å². The van der Waals surface area contributed by atoms with Gasteiger partial charge in [-0.25, -0.2) is 4.39 Å². The van der Waals surface area contributed by atoms with E-state index in [1.54, 1.807) is 10.9 Å². The number of nitrogens with zero attached hydrogens (tertiary/aromatic N) is 4. The van der Waals surface area contributed by atoms with E-state index in [0.717, 1.165) is 18.8 Å². The second kappa shape index (κ2) is 6.47. The Hall–Kier alpha value is -1.69. The smallest absolute Gasteiger partial charge is 0.109 e. The fraction of sp³-hybridized carbons (Fsp3) is 0.538. The van der Waals surface area contributed by atoms with Crippen LogP contribution >= 0.6 is 0 Å². The summed E-state index contributed by atoms with van der Waals surface area (Å²) < 4.78 is 16.0. The highest BCUT2D eigenvalue weighted by Crippen LogP contribution is 2.07. The van der Waals surface area contributed by atoms with E-state index in [-0.39, 0.29) is 0 Å². The van der Waals surface area contributed by atoms with Crippen LogP contribution in [0.25, 0.3) is 0 Å². The van der Waals surface area contributed by atoms with Gasteiger partial charge in [0.15, 0.2) is 0 Å². The first-order valence-corrected chi connectivity index (χ1v) is 6.55. The van der Waals surface area contributed by atoms with Crippen LogP contribution in [0.4, 0.5) is 4.39 Å². The molecule has 6 heteroatoms. The molecule has 0 atom stereocenters. The summed E-state index contributed by atoms with van der Waals surface area (Å²) in [5, 5.41) is 11.8. The Morgan fingerprint density at radius 3 is 2.84 bits per heavy atom. The lowest BCUT2D eigenvalue weighted by Crippen LogP contribution is -2.19. The van der Waals surface area contributed by atoms with Gasteiger partial charge in [-0.05, 0) is 25.5 Å². The maximum atomic E-state index is 12.3. The van der Waals surface area contributed by atoms with Crippen LogP contribution in [0.5, 0.6) is 0 Å². The molecule has 2 rings (SSSR count). The number of hydrogen-bond donors (Lipinski definition) is 1. The van der Waals surface area contributed by atoms with E-state index in [4.69, 9.17) is 0 Å². The predicted octanol–water partition coefficient (Wildman–Crippen LogP) is 1.67. The van der Waals surface area contributed by atoms with Gasteiger partial charge in [-0.3, -0.25) is 9.36 Å². The van der Waals surface area contributed by atoms with Crippen LogP contribution in [0, 0.1) is 6.92 Å². The van der Waals surface area contributed by atoms with Crippen molar-refractivity contribution in [3.63, 3.8) is 0 Å². The van der Waals surface area contributed by atoms with Gasteiger partial charge in [-0.15, -0.1) is 0 Å². The minimum Gasteiger partial charge on any atom is -0.306 e. The van der Waals surface area contributed by atoms with Crippen molar-refractivity contribution in [3.05, 3.63) is 35.4 Å². The normalized spacial score (nSPS) is 11.1. The number of halogens is 1. The molecule has 19 heavy (non-hydrogen) atoms. The first-order chi connectivity index (χ1) is 9.26. The number of aromatic nitrogens is 4. The Morgan fingerprint density at radius 2 is 2.11 bits per heavy atom. The first kappa shape index (κ1) is 13.7. The van der Waals surface area contributed by atoms with E-state index in [9.17, 15) is 4.39 Å². The van der Waals surface area contributed by atoms with Crippen molar-refractivity contribution < 1.29 is 4.39 Å². The van der Waals surface area contributed by atoms with Crippen LogP contribution in [-0.2, 0) is 26.2 Å². The van der Waals surface area contributed by atoms with Gasteiger partial charge in [0.1, 0.15) is 6.67 Å². The van der Waals surface area contributed by atoms with Crippen molar-refractivity contribution in [2.75, 3.05) is 6.67 Å². The molecule has 0 bridgehead atoms. The van der Waals surface area contributed by atoms with E-state index in [0.29, 0.717) is 13.1 Å². The predicted molar refractivity (Wildman–Crippen MR) is 71.4 cm³/mol. The fourth-order valence-electron chi connectivity index (χ4n) is 2.11. The summed E-state index contributed by atoms with van der Waals surface area (Å²) in [4.78, 5) is 0. The van der Waals surface area contributed by atoms with E-state index in [1.807, 2.05) is 16.9 Å². The molecule has 5 nitrogen and oxygen atoms in total. The summed E-state index contributed by atoms with van der Waals surface area (Å²) >= 11 is 0. The van der Waals surface area contributed by atoms with Crippen molar-refractivity contribution in [2.45, 2.75) is 40.0 Å². The zero-order chi connectivity index (χ0) is 13.7. The molecule has 104 valence electrons. The lowest BCUT2D eigenvalue weighted by Gasteiger charge is -2.09. The highest BCUT2D eigenvalue weighted by atomic mass is 19.1. The molecule has 0 fully saturated rings. The van der Waals surface area contributed by atoms with Gasteiger partial charge in [-0.1, -0.05) is 0 Å². The molecule has 0 aliphatic heterocycles. The highest BCUT2D eigenvalue weighted by Gasteiger charge is 2.07. The zero-order valence-electron chi connectivity index (χ0n) is 11.4. The van der Waals surface area contributed by atoms with Gasteiger partial charge in [0.05, 0.1) is 24.1 Å². The number of rotatable bonds is 7. The fourth-order valence-corrected chi connectivity index (χ4v) is 2.11. The lowest BCUT2D eigenvalue weighted by atomic mass is 10.2. The van der Waals surface area contributed by atoms with Gasteiger partial charge in [0.2, 0.25) is 0 Å². The third kappa shape index (κ3) is 3.20. The molecular weight excluding hydrogens is 245 g/mol. The van der Waals surface area contributed by atoms with Crippen molar-refractivity contribution in [1.82, 2.24) is 24.9 Å². The topological polar surface area (TPSA) is 47.7 Å². The Kier molecular flexibility index (Phi) is 4.68. The molecular formula is C13H20FN5. The summed E-state index contributed by atoms with van der Waals surface area (Å²) in [7, 11) is 0. The number of nitrogens with one attached hydrogen (secondary N) is 1. The summed E-state index contributed by atoms with van der Waals surface area (Å²) in [5.41, 5.74) is 3.38. The molecule has 2 aromatic heterocycles. The monoisotopic (exact) mass is 265 g/mol. The van der Waals surface area contributed by atoms with E-state index >= 15 is 0 Å². The van der Waals surface area contributed by atoms with Crippen molar-refractivity contribution in [3.8, 4) is 0 Å². The summed E-state index contributed by atoms with van der Waals surface area (Å²) in [6.45, 7) is 6.35. The molecule has 0 radical (unpaired) electrons. The Labute approximate surface area is 112 Å². The SMILES string of the molecule is CCn1ncc(C)c1CNCc1ccnn1CCF. The molecule has 0 unspecified atom stereocenters. The molecule has 0 aromatic carbocycles. The van der Waals surface area contributed by atoms with Gasteiger partial charge >= 0.3 is 0 Å². The summed E-state index contributed by atoms with van der Waals surface area (Å²) in [5.74, 6) is 0. The standard InChI is InChI=1S/C13H20FN5/c1-3-18-13(11(2)8-17-18)10-15-9-12-4-6-16-19(12)7-5-14/h4,6,8,15H,3,5,7,9-10H2,1-2H3. The van der Waals surface area contributed by atoms with E-state index < -0.39 is 6.67 Å². The van der Waals surface area contributed by atoms with E-state index in [2.05, 4.69) is 29.4 Å². The van der Waals surface area contributed by atoms with Crippen molar-refractivity contribution in [1.29, 1.82) is 0 Å². The molecule has 0 saturated carbocycles. The molecule has 0 saturated heterocycles. The summed E-state index contributed by atoms with van der Waals surface area (Å²) in [6.07, 6.45) is 3.59. The third-order valence-corrected chi connectivity index (χ3v) is 3.16. The van der Waals surface area contributed by atoms with Crippen LogP contribution < -0.4 is 5.32 Å². The maximum absolute atomic E-state index is 12.3. The second-order valence-electron chi connectivity index (χ2n) is 4.43. The largest absolute Gasteiger partial charge is 0.306 e. The van der Waals surface area contributed by atoms with Crippen LogP contribution in [0.15, 0.2) is 18.5 Å². The van der Waals surface area contributed by atoms with Gasteiger partial charge < -0.3 is 5.32 Å². The Bertz CT molecular complexity index is 517. The van der Waals surface area contributed by atoms with Gasteiger partial charge in [0.25, 0.3) is 0 Å². The number of aryl methyl sites for hydroxylation is 3. The number of alkyl halides is 1. The molecule has 2 aromatic rings. The van der Waals surface area contributed by atoms with Crippen molar-refractivity contribution in [2.24, 2.45) is 0 Å². The quantitative estimate of drug-likeness (QED) is 0.828. The lowest BCUT2D eigenvalue weighted by molar-refractivity contribution is 0.416. The number of hydrogen-bond acceptors (Lipinski definition) is 3. The average Bonchev–Trinajstić information content (AvgIpc) is 2.98. The Balaban J connectivity index is 1.92. The summed E-state index contributed by atoms with van der Waals surface area (Å²) in [6, 6.07) is 1.91. The molecule has 0 aliphatic carbocycles. The average molecular weight is 265 g/mol. The van der Waals surface area contributed by atoms with Crippen LogP contribution in [0.3, 0.4) is 0 Å². The highest BCUT2D eigenvalue weighted by molar-refractivity contribution is 5.15. The maximum Gasteiger partial charge on any atom is 0.109 e. The third-order valence-electron chi connectivity index (χ3n) is 3.16. The minimum absolute atomic E-state index is 0.315. The van der Waals surface area contributed by atoms with Crippen LogP contribution in [0.1, 0.15) is 23.9 Å². The molecule has 2 heterocycles. The molecule has 0 aliphatic rings. The van der Waals surface area contributed by atoms with Gasteiger partial charge in [-0.2, -0.15) is 10.2 Å². The molecule has 0 spiro atoms. The minimum atomic E-state index is -0.392. The first-order valence-electron chi connectivity index (χ1n) is 6.55. The van der Waals surface area contributed by atoms with Gasteiger partial charge in [0, 0.05) is 25.8 Å². The Morgan fingerprint density at radius 1 is 1.26 bits per heavy atom.